The third-order valence-electron chi connectivity index (χ3n) is 4.15. The standard InChI is InChI=1S/C18H19FN4O5S/c1-2-16(24)21-17-10-23(18(25)28-17)12-5-8-15(14(19)9-12)22-29(26,27)13-6-3-11(20)4-7-13/h3-9,17,22H,2,10,20H2,1H3,(H,21,24)/t17-/m0/s1. The van der Waals surface area contributed by atoms with Gasteiger partial charge in [-0.25, -0.2) is 17.6 Å². The highest BCUT2D eigenvalue weighted by Crippen LogP contribution is 2.27. The van der Waals surface area contributed by atoms with Gasteiger partial charge in [-0.15, -0.1) is 0 Å². The normalized spacial score (nSPS) is 16.4. The molecule has 0 spiro atoms. The average molecular weight is 422 g/mol. The second-order valence-corrected chi connectivity index (χ2v) is 7.93. The van der Waals surface area contributed by atoms with Gasteiger partial charge in [0, 0.05) is 12.1 Å². The summed E-state index contributed by atoms with van der Waals surface area (Å²) in [5, 5.41) is 2.52. The predicted octanol–water partition coefficient (Wildman–Crippen LogP) is 2.02. The van der Waals surface area contributed by atoms with Crippen LogP contribution in [0.5, 0.6) is 0 Å². The fourth-order valence-electron chi connectivity index (χ4n) is 2.64. The molecule has 2 aromatic carbocycles. The first-order valence-corrected chi connectivity index (χ1v) is 10.1. The lowest BCUT2D eigenvalue weighted by atomic mass is 10.2. The van der Waals surface area contributed by atoms with Crippen LogP contribution in [0, 0.1) is 5.82 Å². The van der Waals surface area contributed by atoms with E-state index in [1.54, 1.807) is 6.92 Å². The van der Waals surface area contributed by atoms with E-state index in [1.165, 1.54) is 36.4 Å². The third kappa shape index (κ3) is 4.57. The maximum atomic E-state index is 14.5. The van der Waals surface area contributed by atoms with Crippen molar-refractivity contribution in [3.05, 3.63) is 48.3 Å². The summed E-state index contributed by atoms with van der Waals surface area (Å²) >= 11 is 0. The van der Waals surface area contributed by atoms with Gasteiger partial charge >= 0.3 is 6.09 Å². The van der Waals surface area contributed by atoms with Crippen LogP contribution in [-0.4, -0.2) is 33.2 Å². The van der Waals surface area contributed by atoms with Crippen molar-refractivity contribution in [1.29, 1.82) is 0 Å². The van der Waals surface area contributed by atoms with E-state index in [-0.39, 0.29) is 35.1 Å². The highest BCUT2D eigenvalue weighted by atomic mass is 32.2. The number of halogens is 1. The second kappa shape index (κ2) is 7.95. The number of rotatable bonds is 6. The average Bonchev–Trinajstić information content (AvgIpc) is 3.03. The zero-order valence-electron chi connectivity index (χ0n) is 15.4. The highest BCUT2D eigenvalue weighted by Gasteiger charge is 2.33. The number of amides is 2. The number of cyclic esters (lactones) is 1. The van der Waals surface area contributed by atoms with Crippen molar-refractivity contribution in [3.63, 3.8) is 0 Å². The molecule has 2 aromatic rings. The van der Waals surface area contributed by atoms with E-state index in [4.69, 9.17) is 10.5 Å². The van der Waals surface area contributed by atoms with Crippen molar-refractivity contribution in [2.75, 3.05) is 21.9 Å². The minimum absolute atomic E-state index is 0.000520. The molecule has 1 saturated heterocycles. The van der Waals surface area contributed by atoms with Crippen molar-refractivity contribution in [2.24, 2.45) is 0 Å². The molecule has 0 radical (unpaired) electrons. The van der Waals surface area contributed by atoms with Crippen LogP contribution >= 0.6 is 0 Å². The van der Waals surface area contributed by atoms with Crippen LogP contribution in [0.3, 0.4) is 0 Å². The molecule has 0 saturated carbocycles. The van der Waals surface area contributed by atoms with Crippen LogP contribution in [0.2, 0.25) is 0 Å². The van der Waals surface area contributed by atoms with Crippen LogP contribution < -0.4 is 20.7 Å². The van der Waals surface area contributed by atoms with Crippen molar-refractivity contribution in [3.8, 4) is 0 Å². The van der Waals surface area contributed by atoms with Gasteiger partial charge in [0.05, 0.1) is 22.8 Å². The largest absolute Gasteiger partial charge is 0.423 e. The van der Waals surface area contributed by atoms with Crippen LogP contribution in [0.1, 0.15) is 13.3 Å². The van der Waals surface area contributed by atoms with Crippen LogP contribution in [0.4, 0.5) is 26.2 Å². The summed E-state index contributed by atoms with van der Waals surface area (Å²) in [4.78, 5) is 24.5. The molecule has 1 heterocycles. The van der Waals surface area contributed by atoms with Crippen molar-refractivity contribution in [2.45, 2.75) is 24.5 Å². The van der Waals surface area contributed by atoms with E-state index in [2.05, 4.69) is 10.0 Å². The Morgan fingerprint density at radius 3 is 2.59 bits per heavy atom. The Balaban J connectivity index is 1.76. The minimum atomic E-state index is -4.02. The van der Waals surface area contributed by atoms with E-state index in [0.717, 1.165) is 11.0 Å². The molecular weight excluding hydrogens is 403 g/mol. The van der Waals surface area contributed by atoms with E-state index in [1.807, 2.05) is 0 Å². The Morgan fingerprint density at radius 1 is 1.28 bits per heavy atom. The number of carbonyl (C=O) groups is 2. The molecule has 154 valence electrons. The van der Waals surface area contributed by atoms with Gasteiger partial charge in [0.25, 0.3) is 10.0 Å². The Bertz CT molecular complexity index is 1040. The van der Waals surface area contributed by atoms with E-state index >= 15 is 0 Å². The number of sulfonamides is 1. The minimum Gasteiger partial charge on any atom is -0.423 e. The number of carbonyl (C=O) groups excluding carboxylic acids is 2. The zero-order chi connectivity index (χ0) is 21.2. The molecule has 0 bridgehead atoms. The first-order valence-electron chi connectivity index (χ1n) is 8.65. The summed E-state index contributed by atoms with van der Waals surface area (Å²) < 4.78 is 46.5. The van der Waals surface area contributed by atoms with Crippen LogP contribution in [0.25, 0.3) is 0 Å². The Morgan fingerprint density at radius 2 is 1.97 bits per heavy atom. The van der Waals surface area contributed by atoms with Crippen LogP contribution in [0.15, 0.2) is 47.4 Å². The van der Waals surface area contributed by atoms with Gasteiger partial charge in [-0.1, -0.05) is 6.92 Å². The van der Waals surface area contributed by atoms with E-state index in [0.29, 0.717) is 5.69 Å². The maximum absolute atomic E-state index is 14.5. The fourth-order valence-corrected chi connectivity index (χ4v) is 3.70. The number of nitrogens with two attached hydrogens (primary N) is 1. The molecule has 3 rings (SSSR count). The zero-order valence-corrected chi connectivity index (χ0v) is 16.2. The number of benzene rings is 2. The van der Waals surface area contributed by atoms with Gasteiger partial charge in [-0.3, -0.25) is 14.4 Å². The van der Waals surface area contributed by atoms with Gasteiger partial charge in [-0.2, -0.15) is 0 Å². The number of hydrogen-bond acceptors (Lipinski definition) is 6. The quantitative estimate of drug-likeness (QED) is 0.611. The molecule has 1 atom stereocenters. The van der Waals surface area contributed by atoms with Crippen molar-refractivity contribution in [1.82, 2.24) is 5.32 Å². The van der Waals surface area contributed by atoms with E-state index in [9.17, 15) is 22.4 Å². The Hall–Kier alpha value is -3.34. The number of nitrogens with zero attached hydrogens (tertiary/aromatic N) is 1. The summed E-state index contributed by atoms with van der Waals surface area (Å²) in [6.45, 7) is 1.66. The first-order chi connectivity index (χ1) is 13.7. The van der Waals surface area contributed by atoms with Gasteiger partial charge in [0.15, 0.2) is 6.23 Å². The lowest BCUT2D eigenvalue weighted by Gasteiger charge is -2.15. The van der Waals surface area contributed by atoms with Gasteiger partial charge < -0.3 is 15.8 Å². The number of hydrogen-bond donors (Lipinski definition) is 3. The number of nitrogen functional groups attached to an aromatic ring is 1. The lowest BCUT2D eigenvalue weighted by Crippen LogP contribution is -2.37. The molecule has 1 aliphatic heterocycles. The maximum Gasteiger partial charge on any atom is 0.416 e. The lowest BCUT2D eigenvalue weighted by molar-refractivity contribution is -0.123. The highest BCUT2D eigenvalue weighted by molar-refractivity contribution is 7.92. The topological polar surface area (TPSA) is 131 Å². The molecule has 1 fully saturated rings. The molecule has 0 aromatic heterocycles. The molecule has 0 unspecified atom stereocenters. The molecule has 1 aliphatic rings. The molecular formula is C18H19FN4O5S. The predicted molar refractivity (Wildman–Crippen MR) is 104 cm³/mol. The second-order valence-electron chi connectivity index (χ2n) is 6.24. The van der Waals surface area contributed by atoms with Crippen molar-refractivity contribution >= 4 is 39.1 Å². The molecule has 9 nitrogen and oxygen atoms in total. The number of anilines is 3. The van der Waals surface area contributed by atoms with Gasteiger partial charge in [-0.05, 0) is 42.5 Å². The van der Waals surface area contributed by atoms with Gasteiger partial charge in [0.2, 0.25) is 5.91 Å². The smallest absolute Gasteiger partial charge is 0.416 e. The molecule has 0 aliphatic carbocycles. The van der Waals surface area contributed by atoms with E-state index < -0.39 is 28.2 Å². The Kier molecular flexibility index (Phi) is 5.59. The molecule has 11 heteroatoms. The number of ether oxygens (including phenoxy) is 1. The summed E-state index contributed by atoms with van der Waals surface area (Å²) in [6.07, 6.45) is -1.37. The summed E-state index contributed by atoms with van der Waals surface area (Å²) in [7, 11) is -4.02. The summed E-state index contributed by atoms with van der Waals surface area (Å²) in [6, 6.07) is 9.01. The van der Waals surface area contributed by atoms with Gasteiger partial charge in [0.1, 0.15) is 5.82 Å². The van der Waals surface area contributed by atoms with Crippen molar-refractivity contribution < 1.29 is 27.1 Å². The summed E-state index contributed by atoms with van der Waals surface area (Å²) in [5.41, 5.74) is 5.81. The number of nitrogens with one attached hydrogen (secondary N) is 2. The third-order valence-corrected chi connectivity index (χ3v) is 5.54. The summed E-state index contributed by atoms with van der Waals surface area (Å²) in [5.74, 6) is -1.17. The SMILES string of the molecule is CCC(=O)N[C@@H]1CN(c2ccc(NS(=O)(=O)c3ccc(N)cc3)c(F)c2)C(=O)O1. The first kappa shape index (κ1) is 20.4. The monoisotopic (exact) mass is 422 g/mol. The molecule has 4 N–H and O–H groups in total. The Labute approximate surface area is 166 Å². The molecule has 2 amide bonds. The van der Waals surface area contributed by atoms with Crippen LogP contribution in [-0.2, 0) is 19.6 Å². The molecule has 29 heavy (non-hydrogen) atoms. The fraction of sp³-hybridized carbons (Fsp3) is 0.222.